The minimum Gasteiger partial charge on any atom is -0.366 e. The molecule has 1 aromatic heterocycles. The Morgan fingerprint density at radius 1 is 1.18 bits per heavy atom. The summed E-state index contributed by atoms with van der Waals surface area (Å²) >= 11 is 0. The van der Waals surface area contributed by atoms with Crippen LogP contribution in [0.3, 0.4) is 0 Å². The maximum absolute atomic E-state index is 12.9. The average molecular weight is 470 g/mol. The van der Waals surface area contributed by atoms with E-state index in [4.69, 9.17) is 0 Å². The fraction of sp³-hybridized carbons (Fsp3) is 0.522. The third-order valence-corrected chi connectivity index (χ3v) is 7.91. The molecule has 33 heavy (non-hydrogen) atoms. The highest BCUT2D eigenvalue weighted by atomic mass is 32.2. The Balaban J connectivity index is 1.35. The van der Waals surface area contributed by atoms with Crippen molar-refractivity contribution in [3.05, 3.63) is 36.0 Å². The Labute approximate surface area is 195 Å². The summed E-state index contributed by atoms with van der Waals surface area (Å²) in [5.41, 5.74) is 1.07. The van der Waals surface area contributed by atoms with Crippen molar-refractivity contribution in [3.63, 3.8) is 0 Å². The van der Waals surface area contributed by atoms with E-state index < -0.39 is 10.0 Å². The molecule has 9 nitrogen and oxygen atoms in total. The number of piperidine rings is 1. The lowest BCUT2D eigenvalue weighted by Crippen LogP contribution is -2.34. The standard InChI is InChI=1S/C23H31N7O2S/c1-29(12-5-15-30-13-3-2-4-14-30)33(31,32)21-10-8-20(9-11-21)27-23-25-17-18(16-24)22(28-23)26-19-6-7-19/h8-11,17,19H,2-7,12-15H2,1H3,(H2,25,26,27,28). The Morgan fingerprint density at radius 2 is 1.91 bits per heavy atom. The van der Waals surface area contributed by atoms with E-state index >= 15 is 0 Å². The van der Waals surface area contributed by atoms with Gasteiger partial charge >= 0.3 is 0 Å². The quantitative estimate of drug-likeness (QED) is 0.545. The van der Waals surface area contributed by atoms with Crippen molar-refractivity contribution >= 4 is 27.5 Å². The molecule has 2 aliphatic rings. The first-order valence-electron chi connectivity index (χ1n) is 11.5. The Kier molecular flexibility index (Phi) is 7.42. The van der Waals surface area contributed by atoms with Crippen molar-refractivity contribution < 1.29 is 8.42 Å². The highest BCUT2D eigenvalue weighted by molar-refractivity contribution is 7.89. The summed E-state index contributed by atoms with van der Waals surface area (Å²) in [6, 6.07) is 9.04. The number of hydrogen-bond donors (Lipinski definition) is 2. The van der Waals surface area contributed by atoms with Crippen LogP contribution in [0.4, 0.5) is 17.5 Å². The molecule has 2 N–H and O–H groups in total. The monoisotopic (exact) mass is 469 g/mol. The van der Waals surface area contributed by atoms with Gasteiger partial charge < -0.3 is 15.5 Å². The van der Waals surface area contributed by atoms with Gasteiger partial charge in [0.25, 0.3) is 0 Å². The number of nitrogens with one attached hydrogen (secondary N) is 2. The number of hydrogen-bond acceptors (Lipinski definition) is 8. The molecule has 176 valence electrons. The zero-order valence-corrected chi connectivity index (χ0v) is 19.8. The Morgan fingerprint density at radius 3 is 2.58 bits per heavy atom. The van der Waals surface area contributed by atoms with Gasteiger partial charge in [-0.2, -0.15) is 10.2 Å². The van der Waals surface area contributed by atoms with Crippen molar-refractivity contribution in [2.24, 2.45) is 0 Å². The maximum Gasteiger partial charge on any atom is 0.242 e. The average Bonchev–Trinajstić information content (AvgIpc) is 3.64. The summed E-state index contributed by atoms with van der Waals surface area (Å²) in [6.07, 6.45) is 8.22. The number of nitrogens with zero attached hydrogens (tertiary/aromatic N) is 5. The van der Waals surface area contributed by atoms with Gasteiger partial charge in [0.05, 0.1) is 11.1 Å². The topological polar surface area (TPSA) is 114 Å². The minimum absolute atomic E-state index is 0.255. The van der Waals surface area contributed by atoms with Gasteiger partial charge in [-0.1, -0.05) is 6.42 Å². The van der Waals surface area contributed by atoms with Gasteiger partial charge in [-0.3, -0.25) is 0 Å². The lowest BCUT2D eigenvalue weighted by molar-refractivity contribution is 0.222. The molecule has 4 rings (SSSR count). The summed E-state index contributed by atoms with van der Waals surface area (Å²) in [5, 5.41) is 15.6. The van der Waals surface area contributed by atoms with Gasteiger partial charge in [0.1, 0.15) is 17.5 Å². The molecule has 0 amide bonds. The molecule has 0 atom stereocenters. The van der Waals surface area contributed by atoms with Crippen molar-refractivity contribution in [3.8, 4) is 6.07 Å². The first-order chi connectivity index (χ1) is 16.0. The summed E-state index contributed by atoms with van der Waals surface area (Å²) < 4.78 is 27.3. The van der Waals surface area contributed by atoms with Crippen LogP contribution in [0.25, 0.3) is 0 Å². The minimum atomic E-state index is -3.54. The van der Waals surface area contributed by atoms with Crippen LogP contribution in [-0.4, -0.2) is 66.9 Å². The van der Waals surface area contributed by atoms with Gasteiger partial charge in [0.2, 0.25) is 16.0 Å². The van der Waals surface area contributed by atoms with Crippen molar-refractivity contribution in [2.45, 2.75) is 49.5 Å². The molecule has 2 heterocycles. The fourth-order valence-electron chi connectivity index (χ4n) is 3.89. The molecule has 1 saturated carbocycles. The highest BCUT2D eigenvalue weighted by Gasteiger charge is 2.23. The highest BCUT2D eigenvalue weighted by Crippen LogP contribution is 2.26. The SMILES string of the molecule is CN(CCCN1CCCCC1)S(=O)(=O)c1ccc(Nc2ncc(C#N)c(NC3CC3)n2)cc1. The van der Waals surface area contributed by atoms with Crippen molar-refractivity contribution in [1.82, 2.24) is 19.2 Å². The van der Waals surface area contributed by atoms with E-state index in [1.807, 2.05) is 0 Å². The lowest BCUT2D eigenvalue weighted by atomic mass is 10.1. The molecule has 1 saturated heterocycles. The molecular formula is C23H31N7O2S. The van der Waals surface area contributed by atoms with Crippen LogP contribution in [-0.2, 0) is 10.0 Å². The summed E-state index contributed by atoms with van der Waals surface area (Å²) in [4.78, 5) is 11.3. The number of nitriles is 1. The second kappa shape index (κ2) is 10.5. The van der Waals surface area contributed by atoms with Gasteiger partial charge in [0.15, 0.2) is 0 Å². The van der Waals surface area contributed by atoms with Gasteiger partial charge in [-0.15, -0.1) is 0 Å². The first-order valence-corrected chi connectivity index (χ1v) is 13.0. The predicted octanol–water partition coefficient (Wildman–Crippen LogP) is 3.16. The van der Waals surface area contributed by atoms with Crippen molar-refractivity contribution in [2.75, 3.05) is 43.9 Å². The largest absolute Gasteiger partial charge is 0.366 e. The van der Waals surface area contributed by atoms with Gasteiger partial charge in [-0.05, 0) is 76.0 Å². The number of sulfonamides is 1. The smallest absolute Gasteiger partial charge is 0.242 e. The van der Waals surface area contributed by atoms with E-state index in [9.17, 15) is 13.7 Å². The molecule has 2 aromatic rings. The maximum atomic E-state index is 12.9. The van der Waals surface area contributed by atoms with Crippen LogP contribution in [0, 0.1) is 11.3 Å². The molecule has 2 fully saturated rings. The van der Waals surface area contributed by atoms with E-state index in [-0.39, 0.29) is 4.90 Å². The molecule has 1 aliphatic carbocycles. The van der Waals surface area contributed by atoms with Crippen LogP contribution in [0.2, 0.25) is 0 Å². The van der Waals surface area contributed by atoms with E-state index in [0.29, 0.717) is 35.6 Å². The molecule has 0 bridgehead atoms. The molecular weight excluding hydrogens is 438 g/mol. The fourth-order valence-corrected chi connectivity index (χ4v) is 5.10. The number of likely N-dealkylation sites (tertiary alicyclic amines) is 1. The third-order valence-electron chi connectivity index (χ3n) is 6.04. The second-order valence-electron chi connectivity index (χ2n) is 8.72. The molecule has 0 unspecified atom stereocenters. The zero-order valence-electron chi connectivity index (χ0n) is 19.0. The summed E-state index contributed by atoms with van der Waals surface area (Å²) in [6.45, 7) is 3.66. The zero-order chi connectivity index (χ0) is 23.3. The van der Waals surface area contributed by atoms with E-state index in [0.717, 1.165) is 38.9 Å². The van der Waals surface area contributed by atoms with Crippen molar-refractivity contribution in [1.29, 1.82) is 5.26 Å². The number of anilines is 3. The second-order valence-corrected chi connectivity index (χ2v) is 10.8. The van der Waals surface area contributed by atoms with E-state index in [1.165, 1.54) is 29.8 Å². The number of benzene rings is 1. The Bertz CT molecular complexity index is 1090. The van der Waals surface area contributed by atoms with Crippen LogP contribution in [0.1, 0.15) is 44.1 Å². The van der Waals surface area contributed by atoms with Gasteiger partial charge in [-0.25, -0.2) is 17.7 Å². The first kappa shape index (κ1) is 23.4. The molecule has 1 aromatic carbocycles. The normalized spacial score (nSPS) is 17.0. The summed E-state index contributed by atoms with van der Waals surface area (Å²) in [7, 11) is -1.91. The van der Waals surface area contributed by atoms with E-state index in [1.54, 1.807) is 31.3 Å². The molecule has 0 spiro atoms. The summed E-state index contributed by atoms with van der Waals surface area (Å²) in [5.74, 6) is 0.866. The third kappa shape index (κ3) is 6.19. The van der Waals surface area contributed by atoms with E-state index in [2.05, 4.69) is 31.6 Å². The van der Waals surface area contributed by atoms with Crippen LogP contribution in [0.15, 0.2) is 35.4 Å². The predicted molar refractivity (Wildman–Crippen MR) is 128 cm³/mol. The molecule has 0 radical (unpaired) electrons. The molecule has 1 aliphatic heterocycles. The van der Waals surface area contributed by atoms with Crippen LogP contribution >= 0.6 is 0 Å². The lowest BCUT2D eigenvalue weighted by Gasteiger charge is -2.27. The van der Waals surface area contributed by atoms with Gasteiger partial charge in [0, 0.05) is 25.3 Å². The number of rotatable bonds is 10. The molecule has 10 heteroatoms. The van der Waals surface area contributed by atoms with Crippen LogP contribution < -0.4 is 10.6 Å². The van der Waals surface area contributed by atoms with Crippen LogP contribution in [0.5, 0.6) is 0 Å². The Hall–Kier alpha value is -2.74. The number of aromatic nitrogens is 2.